The molecule has 6 heteroatoms. The standard InChI is InChI=1S/C15H15F3O3/c1-2-20-14(19)8-4-10-3-7-13(21-15(16,17)18)12(9-10)11-5-6-11/h3-4,7-9,11H,2,5-6H2,1H3/b8-4+. The Bertz CT molecular complexity index is 546. The van der Waals surface area contributed by atoms with Gasteiger partial charge in [0.05, 0.1) is 6.61 Å². The van der Waals surface area contributed by atoms with E-state index in [1.165, 1.54) is 24.3 Å². The average molecular weight is 300 g/mol. The number of carbonyl (C=O) groups excluding carboxylic acids is 1. The van der Waals surface area contributed by atoms with E-state index in [-0.39, 0.29) is 18.3 Å². The van der Waals surface area contributed by atoms with Crippen molar-refractivity contribution in [3.8, 4) is 5.75 Å². The van der Waals surface area contributed by atoms with E-state index >= 15 is 0 Å². The van der Waals surface area contributed by atoms with Crippen LogP contribution in [0.2, 0.25) is 0 Å². The number of hydrogen-bond donors (Lipinski definition) is 0. The molecule has 0 aromatic heterocycles. The summed E-state index contributed by atoms with van der Waals surface area (Å²) >= 11 is 0. The summed E-state index contributed by atoms with van der Waals surface area (Å²) in [6.45, 7) is 1.97. The molecule has 1 aliphatic carbocycles. The van der Waals surface area contributed by atoms with Crippen molar-refractivity contribution in [1.82, 2.24) is 0 Å². The molecule has 0 aliphatic heterocycles. The van der Waals surface area contributed by atoms with E-state index in [9.17, 15) is 18.0 Å². The second-order valence-corrected chi connectivity index (χ2v) is 4.70. The van der Waals surface area contributed by atoms with Crippen molar-refractivity contribution in [1.29, 1.82) is 0 Å². The lowest BCUT2D eigenvalue weighted by molar-refractivity contribution is -0.274. The molecule has 0 N–H and O–H groups in total. The third kappa shape index (κ3) is 4.81. The molecule has 114 valence electrons. The topological polar surface area (TPSA) is 35.5 Å². The maximum absolute atomic E-state index is 12.3. The quantitative estimate of drug-likeness (QED) is 0.608. The fourth-order valence-electron chi connectivity index (χ4n) is 1.96. The van der Waals surface area contributed by atoms with E-state index in [1.807, 2.05) is 0 Å². The molecule has 0 amide bonds. The fourth-order valence-corrected chi connectivity index (χ4v) is 1.96. The first-order valence-electron chi connectivity index (χ1n) is 6.63. The van der Waals surface area contributed by atoms with Gasteiger partial charge in [-0.1, -0.05) is 6.07 Å². The number of ether oxygens (including phenoxy) is 2. The minimum Gasteiger partial charge on any atom is -0.463 e. The van der Waals surface area contributed by atoms with Crippen LogP contribution in [-0.2, 0) is 9.53 Å². The predicted octanol–water partition coefficient (Wildman–Crippen LogP) is 4.04. The molecular formula is C15H15F3O3. The normalized spacial score (nSPS) is 15.2. The monoisotopic (exact) mass is 300 g/mol. The van der Waals surface area contributed by atoms with Crippen LogP contribution in [0.25, 0.3) is 6.08 Å². The Balaban J connectivity index is 2.18. The van der Waals surface area contributed by atoms with Crippen LogP contribution in [0.5, 0.6) is 5.75 Å². The summed E-state index contributed by atoms with van der Waals surface area (Å²) < 4.78 is 45.8. The lowest BCUT2D eigenvalue weighted by Gasteiger charge is -2.13. The van der Waals surface area contributed by atoms with Gasteiger partial charge < -0.3 is 9.47 Å². The summed E-state index contributed by atoms with van der Waals surface area (Å²) in [5, 5.41) is 0. The number of halogens is 3. The van der Waals surface area contributed by atoms with Gasteiger partial charge in [0, 0.05) is 6.08 Å². The van der Waals surface area contributed by atoms with E-state index in [0.29, 0.717) is 11.1 Å². The van der Waals surface area contributed by atoms with E-state index in [2.05, 4.69) is 4.74 Å². The maximum Gasteiger partial charge on any atom is 0.573 e. The number of carbonyl (C=O) groups is 1. The zero-order chi connectivity index (χ0) is 15.5. The van der Waals surface area contributed by atoms with Gasteiger partial charge in [-0.2, -0.15) is 0 Å². The van der Waals surface area contributed by atoms with Crippen molar-refractivity contribution < 1.29 is 27.4 Å². The second kappa shape index (κ2) is 6.20. The Morgan fingerprint density at radius 2 is 2.10 bits per heavy atom. The molecule has 0 heterocycles. The largest absolute Gasteiger partial charge is 0.573 e. The highest BCUT2D eigenvalue weighted by Gasteiger charge is 2.35. The molecule has 1 saturated carbocycles. The van der Waals surface area contributed by atoms with Crippen LogP contribution in [0, 0.1) is 0 Å². The van der Waals surface area contributed by atoms with Gasteiger partial charge >= 0.3 is 12.3 Å². The predicted molar refractivity (Wildman–Crippen MR) is 70.8 cm³/mol. The Morgan fingerprint density at radius 3 is 2.67 bits per heavy atom. The molecule has 1 aromatic carbocycles. The Hall–Kier alpha value is -1.98. The van der Waals surface area contributed by atoms with Crippen LogP contribution in [0.3, 0.4) is 0 Å². The highest BCUT2D eigenvalue weighted by atomic mass is 19.4. The van der Waals surface area contributed by atoms with Gasteiger partial charge in [0.2, 0.25) is 0 Å². The van der Waals surface area contributed by atoms with Crippen molar-refractivity contribution in [2.45, 2.75) is 32.0 Å². The van der Waals surface area contributed by atoms with Crippen LogP contribution >= 0.6 is 0 Å². The zero-order valence-corrected chi connectivity index (χ0v) is 11.4. The highest BCUT2D eigenvalue weighted by molar-refractivity contribution is 5.87. The number of hydrogen-bond acceptors (Lipinski definition) is 3. The number of alkyl halides is 3. The van der Waals surface area contributed by atoms with Gasteiger partial charge in [-0.05, 0) is 55.0 Å². The zero-order valence-electron chi connectivity index (χ0n) is 11.4. The van der Waals surface area contributed by atoms with Gasteiger partial charge in [-0.3, -0.25) is 0 Å². The van der Waals surface area contributed by atoms with Crippen LogP contribution in [0.4, 0.5) is 13.2 Å². The van der Waals surface area contributed by atoms with Crippen molar-refractivity contribution in [3.05, 3.63) is 35.4 Å². The molecule has 0 saturated heterocycles. The average Bonchev–Trinajstić information content (AvgIpc) is 3.20. The molecule has 0 bridgehead atoms. The van der Waals surface area contributed by atoms with E-state index in [0.717, 1.165) is 12.8 Å². The summed E-state index contributed by atoms with van der Waals surface area (Å²) in [5.74, 6) is -0.558. The van der Waals surface area contributed by atoms with Crippen molar-refractivity contribution >= 4 is 12.0 Å². The van der Waals surface area contributed by atoms with Crippen LogP contribution < -0.4 is 4.74 Å². The summed E-state index contributed by atoms with van der Waals surface area (Å²) in [6, 6.07) is 4.38. The van der Waals surface area contributed by atoms with E-state index in [4.69, 9.17) is 4.74 Å². The molecule has 21 heavy (non-hydrogen) atoms. The van der Waals surface area contributed by atoms with Gasteiger partial charge in [0.1, 0.15) is 5.75 Å². The first kappa shape index (κ1) is 15.4. The third-order valence-electron chi connectivity index (χ3n) is 2.98. The van der Waals surface area contributed by atoms with Crippen molar-refractivity contribution in [3.63, 3.8) is 0 Å². The molecule has 0 unspecified atom stereocenters. The highest BCUT2D eigenvalue weighted by Crippen LogP contribution is 2.45. The number of benzene rings is 1. The van der Waals surface area contributed by atoms with Gasteiger partial charge in [0.15, 0.2) is 0 Å². The van der Waals surface area contributed by atoms with Crippen molar-refractivity contribution in [2.75, 3.05) is 6.61 Å². The van der Waals surface area contributed by atoms with Crippen LogP contribution in [0.15, 0.2) is 24.3 Å². The molecule has 2 rings (SSSR count). The molecular weight excluding hydrogens is 285 g/mol. The van der Waals surface area contributed by atoms with Crippen LogP contribution in [0.1, 0.15) is 36.8 Å². The number of esters is 1. The minimum absolute atomic E-state index is 0.0956. The van der Waals surface area contributed by atoms with Gasteiger partial charge in [-0.15, -0.1) is 13.2 Å². The number of rotatable bonds is 5. The summed E-state index contributed by atoms with van der Waals surface area (Å²) in [7, 11) is 0. The first-order valence-corrected chi connectivity index (χ1v) is 6.63. The summed E-state index contributed by atoms with van der Waals surface area (Å²) in [6.07, 6.45) is -0.245. The van der Waals surface area contributed by atoms with Gasteiger partial charge in [0.25, 0.3) is 0 Å². The third-order valence-corrected chi connectivity index (χ3v) is 2.98. The fraction of sp³-hybridized carbons (Fsp3) is 0.400. The molecule has 0 atom stereocenters. The summed E-state index contributed by atoms with van der Waals surface area (Å²) in [4.78, 5) is 11.2. The van der Waals surface area contributed by atoms with E-state index < -0.39 is 12.3 Å². The minimum atomic E-state index is -4.70. The SMILES string of the molecule is CCOC(=O)/C=C/c1ccc(OC(F)(F)F)c(C2CC2)c1. The van der Waals surface area contributed by atoms with Gasteiger partial charge in [-0.25, -0.2) is 4.79 Å². The van der Waals surface area contributed by atoms with Crippen LogP contribution in [-0.4, -0.2) is 18.9 Å². The lowest BCUT2D eigenvalue weighted by atomic mass is 10.1. The first-order chi connectivity index (χ1) is 9.89. The lowest BCUT2D eigenvalue weighted by Crippen LogP contribution is -2.18. The maximum atomic E-state index is 12.3. The molecule has 1 fully saturated rings. The molecule has 0 spiro atoms. The molecule has 0 radical (unpaired) electrons. The summed E-state index contributed by atoms with van der Waals surface area (Å²) in [5.41, 5.74) is 1.16. The smallest absolute Gasteiger partial charge is 0.463 e. The Morgan fingerprint density at radius 1 is 1.38 bits per heavy atom. The van der Waals surface area contributed by atoms with E-state index in [1.54, 1.807) is 13.0 Å². The Labute approximate surface area is 120 Å². The Kier molecular flexibility index (Phi) is 4.55. The molecule has 1 aliphatic rings. The van der Waals surface area contributed by atoms with Crippen molar-refractivity contribution in [2.24, 2.45) is 0 Å². The second-order valence-electron chi connectivity index (χ2n) is 4.70. The molecule has 1 aromatic rings. The molecule has 3 nitrogen and oxygen atoms in total.